The molecule has 0 amide bonds. The monoisotopic (exact) mass is 192 g/mol. The summed E-state index contributed by atoms with van der Waals surface area (Å²) in [7, 11) is 0. The molecular formula is C12H16O2. The minimum absolute atomic E-state index is 0.0963. The quantitative estimate of drug-likeness (QED) is 0.744. The predicted molar refractivity (Wildman–Crippen MR) is 56.6 cm³/mol. The van der Waals surface area contributed by atoms with Crippen molar-refractivity contribution in [2.45, 2.75) is 32.6 Å². The number of phenols is 1. The van der Waals surface area contributed by atoms with Crippen LogP contribution in [0.25, 0.3) is 0 Å². The van der Waals surface area contributed by atoms with Crippen molar-refractivity contribution in [1.29, 1.82) is 0 Å². The van der Waals surface area contributed by atoms with Gasteiger partial charge in [-0.1, -0.05) is 26.0 Å². The molecule has 0 radical (unpaired) electrons. The molecule has 1 aromatic carbocycles. The van der Waals surface area contributed by atoms with Gasteiger partial charge in [0.2, 0.25) is 0 Å². The molecule has 76 valence electrons. The number of carbonyl (C=O) groups excluding carboxylic acids is 1. The Balaban J connectivity index is 2.98. The third kappa shape index (κ3) is 2.34. The maximum absolute atomic E-state index is 10.4. The molecule has 0 heterocycles. The smallest absolute Gasteiger partial charge is 0.120 e. The van der Waals surface area contributed by atoms with Crippen LogP contribution in [-0.4, -0.2) is 11.4 Å². The number of hydrogen-bond donors (Lipinski definition) is 1. The van der Waals surface area contributed by atoms with Gasteiger partial charge in [-0.05, 0) is 29.5 Å². The van der Waals surface area contributed by atoms with Crippen LogP contribution < -0.4 is 0 Å². The van der Waals surface area contributed by atoms with Crippen molar-refractivity contribution in [3.63, 3.8) is 0 Å². The fraction of sp³-hybridized carbons (Fsp3) is 0.417. The van der Waals surface area contributed by atoms with Crippen molar-refractivity contribution >= 4 is 6.29 Å². The molecule has 1 unspecified atom stereocenters. The van der Waals surface area contributed by atoms with Gasteiger partial charge in [0.15, 0.2) is 0 Å². The highest BCUT2D eigenvalue weighted by Gasteiger charge is 2.10. The molecule has 0 spiro atoms. The SMILES string of the molecule is CCc1ccc(O)c(C(C)CC=O)c1. The molecule has 0 aliphatic heterocycles. The Kier molecular flexibility index (Phi) is 3.69. The van der Waals surface area contributed by atoms with Gasteiger partial charge in [0.1, 0.15) is 12.0 Å². The van der Waals surface area contributed by atoms with Crippen LogP contribution in [0.15, 0.2) is 18.2 Å². The molecule has 2 nitrogen and oxygen atoms in total. The zero-order valence-electron chi connectivity index (χ0n) is 8.66. The molecule has 0 aliphatic rings. The van der Waals surface area contributed by atoms with Crippen LogP contribution in [0.3, 0.4) is 0 Å². The van der Waals surface area contributed by atoms with Gasteiger partial charge in [-0.3, -0.25) is 0 Å². The lowest BCUT2D eigenvalue weighted by atomic mass is 9.95. The van der Waals surface area contributed by atoms with E-state index in [2.05, 4.69) is 6.92 Å². The van der Waals surface area contributed by atoms with Crippen LogP contribution in [0.5, 0.6) is 5.75 Å². The van der Waals surface area contributed by atoms with Crippen molar-refractivity contribution in [2.75, 3.05) is 0 Å². The van der Waals surface area contributed by atoms with Gasteiger partial charge in [-0.2, -0.15) is 0 Å². The van der Waals surface area contributed by atoms with E-state index in [-0.39, 0.29) is 11.7 Å². The van der Waals surface area contributed by atoms with E-state index in [1.807, 2.05) is 19.1 Å². The fourth-order valence-electron chi connectivity index (χ4n) is 1.49. The average molecular weight is 192 g/mol. The summed E-state index contributed by atoms with van der Waals surface area (Å²) in [6, 6.07) is 5.59. The van der Waals surface area contributed by atoms with Crippen LogP contribution in [0.4, 0.5) is 0 Å². The number of phenolic OH excluding ortho intramolecular Hbond substituents is 1. The average Bonchev–Trinajstić information content (AvgIpc) is 2.19. The van der Waals surface area contributed by atoms with E-state index in [4.69, 9.17) is 0 Å². The Bertz CT molecular complexity index is 318. The van der Waals surface area contributed by atoms with Gasteiger partial charge in [-0.25, -0.2) is 0 Å². The van der Waals surface area contributed by atoms with Gasteiger partial charge in [0.25, 0.3) is 0 Å². The molecular weight excluding hydrogens is 176 g/mol. The fourth-order valence-corrected chi connectivity index (χ4v) is 1.49. The lowest BCUT2D eigenvalue weighted by Gasteiger charge is -2.11. The van der Waals surface area contributed by atoms with E-state index >= 15 is 0 Å². The van der Waals surface area contributed by atoms with Crippen LogP contribution in [0.1, 0.15) is 37.3 Å². The van der Waals surface area contributed by atoms with E-state index in [1.54, 1.807) is 6.07 Å². The molecule has 0 aromatic heterocycles. The topological polar surface area (TPSA) is 37.3 Å². The van der Waals surface area contributed by atoms with Crippen molar-refractivity contribution in [3.8, 4) is 5.75 Å². The third-order valence-corrected chi connectivity index (χ3v) is 2.48. The third-order valence-electron chi connectivity index (χ3n) is 2.48. The number of hydrogen-bond acceptors (Lipinski definition) is 2. The zero-order chi connectivity index (χ0) is 10.6. The molecule has 1 rings (SSSR count). The molecule has 0 fully saturated rings. The number of carbonyl (C=O) groups is 1. The Morgan fingerprint density at radius 1 is 1.50 bits per heavy atom. The number of rotatable bonds is 4. The van der Waals surface area contributed by atoms with Gasteiger partial charge in [0.05, 0.1) is 0 Å². The highest BCUT2D eigenvalue weighted by molar-refractivity contribution is 5.52. The van der Waals surface area contributed by atoms with E-state index in [0.29, 0.717) is 6.42 Å². The molecule has 0 saturated heterocycles. The minimum Gasteiger partial charge on any atom is -0.508 e. The van der Waals surface area contributed by atoms with E-state index < -0.39 is 0 Å². The maximum atomic E-state index is 10.4. The summed E-state index contributed by atoms with van der Waals surface area (Å²) in [6.45, 7) is 4.02. The Morgan fingerprint density at radius 2 is 2.21 bits per heavy atom. The minimum atomic E-state index is 0.0963. The van der Waals surface area contributed by atoms with Crippen molar-refractivity contribution in [1.82, 2.24) is 0 Å². The molecule has 1 aromatic rings. The molecule has 0 aliphatic carbocycles. The second-order valence-electron chi connectivity index (χ2n) is 3.55. The molecule has 14 heavy (non-hydrogen) atoms. The summed E-state index contributed by atoms with van der Waals surface area (Å²) in [4.78, 5) is 10.4. The van der Waals surface area contributed by atoms with Crippen LogP contribution >= 0.6 is 0 Å². The summed E-state index contributed by atoms with van der Waals surface area (Å²) < 4.78 is 0. The highest BCUT2D eigenvalue weighted by atomic mass is 16.3. The number of aldehydes is 1. The Morgan fingerprint density at radius 3 is 2.79 bits per heavy atom. The first-order chi connectivity index (χ1) is 6.69. The molecule has 0 saturated carbocycles. The second kappa shape index (κ2) is 4.80. The molecule has 1 atom stereocenters. The maximum Gasteiger partial charge on any atom is 0.120 e. The largest absolute Gasteiger partial charge is 0.508 e. The van der Waals surface area contributed by atoms with Crippen molar-refractivity contribution in [3.05, 3.63) is 29.3 Å². The number of benzene rings is 1. The predicted octanol–water partition coefficient (Wildman–Crippen LogP) is 2.65. The highest BCUT2D eigenvalue weighted by Crippen LogP contribution is 2.28. The lowest BCUT2D eigenvalue weighted by Crippen LogP contribution is -1.96. The van der Waals surface area contributed by atoms with E-state index in [0.717, 1.165) is 18.3 Å². The first-order valence-corrected chi connectivity index (χ1v) is 4.94. The van der Waals surface area contributed by atoms with Gasteiger partial charge in [0, 0.05) is 6.42 Å². The van der Waals surface area contributed by atoms with Gasteiger partial charge < -0.3 is 9.90 Å². The normalized spacial score (nSPS) is 12.4. The first-order valence-electron chi connectivity index (χ1n) is 4.94. The van der Waals surface area contributed by atoms with Crippen molar-refractivity contribution < 1.29 is 9.90 Å². The van der Waals surface area contributed by atoms with E-state index in [1.165, 1.54) is 5.56 Å². The Labute approximate surface area is 84.6 Å². The van der Waals surface area contributed by atoms with Crippen LogP contribution in [0.2, 0.25) is 0 Å². The summed E-state index contributed by atoms with van der Waals surface area (Å²) >= 11 is 0. The molecule has 0 bridgehead atoms. The number of aryl methyl sites for hydroxylation is 1. The zero-order valence-corrected chi connectivity index (χ0v) is 8.66. The van der Waals surface area contributed by atoms with Crippen molar-refractivity contribution in [2.24, 2.45) is 0 Å². The summed E-state index contributed by atoms with van der Waals surface area (Å²) in [6.07, 6.45) is 2.30. The van der Waals surface area contributed by atoms with Crippen LogP contribution in [0, 0.1) is 0 Å². The standard InChI is InChI=1S/C12H16O2/c1-3-10-4-5-12(14)11(8-10)9(2)6-7-13/h4-5,7-9,14H,3,6H2,1-2H3. The van der Waals surface area contributed by atoms with Gasteiger partial charge in [-0.15, -0.1) is 0 Å². The number of aromatic hydroxyl groups is 1. The van der Waals surface area contributed by atoms with E-state index in [9.17, 15) is 9.90 Å². The lowest BCUT2D eigenvalue weighted by molar-refractivity contribution is -0.108. The van der Waals surface area contributed by atoms with Crippen LogP contribution in [-0.2, 0) is 11.2 Å². The first kappa shape index (κ1) is 10.8. The summed E-state index contributed by atoms with van der Waals surface area (Å²) in [5.74, 6) is 0.385. The van der Waals surface area contributed by atoms with Gasteiger partial charge >= 0.3 is 0 Å². The molecule has 2 heteroatoms. The summed E-state index contributed by atoms with van der Waals surface area (Å²) in [5.41, 5.74) is 2.06. The molecule has 1 N–H and O–H groups in total. The second-order valence-corrected chi connectivity index (χ2v) is 3.55. The summed E-state index contributed by atoms with van der Waals surface area (Å²) in [5, 5.41) is 9.61. The Hall–Kier alpha value is -1.31.